The van der Waals surface area contributed by atoms with E-state index in [0.717, 1.165) is 141 Å². The zero-order valence-corrected chi connectivity index (χ0v) is 51.8. The quantitative estimate of drug-likeness (QED) is 0.0261. The number of rotatable bonds is 58. The fourth-order valence-electron chi connectivity index (χ4n) is 8.74. The number of unbranched alkanes of at least 4 members (excludes halogenated alkanes) is 23. The number of hydrogen-bond acceptors (Lipinski definition) is 6. The van der Waals surface area contributed by atoms with Gasteiger partial charge in [0.2, 0.25) is 0 Å². The largest absolute Gasteiger partial charge is 0.462 e. The van der Waals surface area contributed by atoms with Gasteiger partial charge in [-0.2, -0.15) is 0 Å². The Kier molecular flexibility index (Phi) is 62.9. The first kappa shape index (κ1) is 75.3. The minimum Gasteiger partial charge on any atom is -0.462 e. The van der Waals surface area contributed by atoms with Crippen LogP contribution < -0.4 is 0 Å². The normalized spacial score (nSPS) is 13.1. The summed E-state index contributed by atoms with van der Waals surface area (Å²) in [4.78, 5) is 38.4. The molecule has 0 rings (SSSR count). The van der Waals surface area contributed by atoms with Gasteiger partial charge in [0.15, 0.2) is 6.10 Å². The van der Waals surface area contributed by atoms with Gasteiger partial charge in [-0.05, 0) is 122 Å². The van der Waals surface area contributed by atoms with Crippen molar-refractivity contribution in [3.8, 4) is 0 Å². The van der Waals surface area contributed by atoms with Gasteiger partial charge in [0.25, 0.3) is 0 Å². The smallest absolute Gasteiger partial charge is 0.306 e. The zero-order chi connectivity index (χ0) is 57.8. The van der Waals surface area contributed by atoms with Crippen LogP contribution >= 0.6 is 0 Å². The Morgan fingerprint density at radius 3 is 0.787 bits per heavy atom. The molecule has 0 saturated heterocycles. The highest BCUT2D eigenvalue weighted by molar-refractivity contribution is 5.71. The van der Waals surface area contributed by atoms with Gasteiger partial charge in [0, 0.05) is 19.3 Å². The van der Waals surface area contributed by atoms with Gasteiger partial charge in [-0.25, -0.2) is 0 Å². The van der Waals surface area contributed by atoms with Crippen LogP contribution in [0.1, 0.15) is 284 Å². The third-order valence-electron chi connectivity index (χ3n) is 13.6. The van der Waals surface area contributed by atoms with Crippen LogP contribution in [0, 0.1) is 0 Å². The minimum absolute atomic E-state index is 0.103. The summed E-state index contributed by atoms with van der Waals surface area (Å²) in [5.41, 5.74) is 0. The van der Waals surface area contributed by atoms with E-state index in [9.17, 15) is 14.4 Å². The summed E-state index contributed by atoms with van der Waals surface area (Å²) >= 11 is 0. The molecule has 1 unspecified atom stereocenters. The molecule has 0 aliphatic rings. The number of carbonyl (C=O) groups excluding carboxylic acids is 3. The average Bonchev–Trinajstić information content (AvgIpc) is 3.46. The second kappa shape index (κ2) is 66.8. The molecule has 0 aliphatic heterocycles. The predicted molar refractivity (Wildman–Crippen MR) is 348 cm³/mol. The van der Waals surface area contributed by atoms with Gasteiger partial charge in [0.05, 0.1) is 0 Å². The molecule has 0 radical (unpaired) electrons. The summed E-state index contributed by atoms with van der Waals surface area (Å²) < 4.78 is 16.9. The van der Waals surface area contributed by atoms with Crippen LogP contribution in [0.25, 0.3) is 0 Å². The Bertz CT molecular complexity index is 1750. The third kappa shape index (κ3) is 64.1. The molecule has 452 valence electrons. The van der Waals surface area contributed by atoms with Crippen molar-refractivity contribution in [1.29, 1.82) is 0 Å². The third-order valence-corrected chi connectivity index (χ3v) is 13.6. The van der Waals surface area contributed by atoms with E-state index in [1.54, 1.807) is 0 Å². The Morgan fingerprint density at radius 2 is 0.487 bits per heavy atom. The summed E-state index contributed by atoms with van der Waals surface area (Å²) in [6.45, 7) is 6.38. The van der Waals surface area contributed by atoms with Gasteiger partial charge in [-0.3, -0.25) is 14.4 Å². The molecule has 80 heavy (non-hydrogen) atoms. The van der Waals surface area contributed by atoms with E-state index in [1.165, 1.54) is 96.3 Å². The van der Waals surface area contributed by atoms with Gasteiger partial charge in [-0.1, -0.05) is 289 Å². The highest BCUT2D eigenvalue weighted by atomic mass is 16.6. The van der Waals surface area contributed by atoms with Crippen molar-refractivity contribution in [3.63, 3.8) is 0 Å². The molecule has 0 aromatic heterocycles. The van der Waals surface area contributed by atoms with Crippen molar-refractivity contribution in [2.45, 2.75) is 290 Å². The molecule has 0 bridgehead atoms. The van der Waals surface area contributed by atoms with E-state index < -0.39 is 6.10 Å². The molecule has 0 saturated carbocycles. The number of allylic oxidation sites excluding steroid dienone is 24. The molecule has 0 amide bonds. The molecule has 0 fully saturated rings. The molecule has 1 atom stereocenters. The highest BCUT2D eigenvalue weighted by Crippen LogP contribution is 2.16. The number of hydrogen-bond donors (Lipinski definition) is 0. The number of ether oxygens (including phenoxy) is 3. The van der Waals surface area contributed by atoms with Crippen LogP contribution in [0.5, 0.6) is 0 Å². The van der Waals surface area contributed by atoms with Crippen molar-refractivity contribution in [1.82, 2.24) is 0 Å². The first-order valence-corrected chi connectivity index (χ1v) is 32.8. The summed E-state index contributed by atoms with van der Waals surface area (Å²) in [7, 11) is 0. The Labute approximate surface area is 493 Å². The molecule has 0 aliphatic carbocycles. The lowest BCUT2D eigenvalue weighted by molar-refractivity contribution is -0.167. The van der Waals surface area contributed by atoms with E-state index >= 15 is 0 Å². The maximum atomic E-state index is 12.9. The van der Waals surface area contributed by atoms with Crippen molar-refractivity contribution in [2.24, 2.45) is 0 Å². The van der Waals surface area contributed by atoms with E-state index in [-0.39, 0.29) is 37.5 Å². The van der Waals surface area contributed by atoms with Gasteiger partial charge in [0.1, 0.15) is 13.2 Å². The summed E-state index contributed by atoms with van der Waals surface area (Å²) in [6.07, 6.45) is 95.6. The molecule has 6 heteroatoms. The highest BCUT2D eigenvalue weighted by Gasteiger charge is 2.19. The van der Waals surface area contributed by atoms with Crippen LogP contribution in [0.15, 0.2) is 146 Å². The number of carbonyl (C=O) groups is 3. The molecular weight excluding hydrogens is 985 g/mol. The van der Waals surface area contributed by atoms with Crippen molar-refractivity contribution >= 4 is 17.9 Å². The van der Waals surface area contributed by atoms with Crippen LogP contribution in [-0.4, -0.2) is 37.2 Å². The molecule has 0 aromatic rings. The topological polar surface area (TPSA) is 78.9 Å². The summed E-state index contributed by atoms with van der Waals surface area (Å²) in [6, 6.07) is 0. The number of esters is 3. The van der Waals surface area contributed by atoms with Crippen molar-refractivity contribution in [3.05, 3.63) is 146 Å². The van der Waals surface area contributed by atoms with Gasteiger partial charge < -0.3 is 14.2 Å². The Hall–Kier alpha value is -4.71. The van der Waals surface area contributed by atoms with Crippen LogP contribution in [0.3, 0.4) is 0 Å². The molecular formula is C74H120O6. The van der Waals surface area contributed by atoms with Gasteiger partial charge >= 0.3 is 17.9 Å². The van der Waals surface area contributed by atoms with Crippen LogP contribution in [0.4, 0.5) is 0 Å². The average molecular weight is 1110 g/mol. The van der Waals surface area contributed by atoms with Crippen molar-refractivity contribution < 1.29 is 28.6 Å². The van der Waals surface area contributed by atoms with Gasteiger partial charge in [-0.15, -0.1) is 0 Å². The van der Waals surface area contributed by atoms with Crippen molar-refractivity contribution in [2.75, 3.05) is 13.2 Å². The first-order chi connectivity index (χ1) is 39.5. The minimum atomic E-state index is -0.814. The maximum Gasteiger partial charge on any atom is 0.306 e. The van der Waals surface area contributed by atoms with E-state index in [2.05, 4.69) is 167 Å². The maximum absolute atomic E-state index is 12.9. The second-order valence-electron chi connectivity index (χ2n) is 21.3. The molecule has 0 heterocycles. The molecule has 0 aromatic carbocycles. The molecule has 0 N–H and O–H groups in total. The lowest BCUT2D eigenvalue weighted by Gasteiger charge is -2.18. The second-order valence-corrected chi connectivity index (χ2v) is 21.3. The standard InChI is InChI=1S/C74H120O6/c1-4-7-10-13-16-19-22-25-28-31-33-35-36-37-38-40-41-43-46-49-52-55-58-61-64-67-73(76)79-70-71(69-78-72(75)66-63-60-57-54-51-48-45-30-27-24-21-18-15-12-9-6-3)80-74(77)68-65-62-59-56-53-50-47-44-42-39-34-32-29-26-23-20-17-14-11-8-5-2/h7-8,10-11,16-17,19-20,25-26,28-29,33-35,37-39,41,43-44,47,53,56,71H,4-6,9,12-15,18,21-24,27,30-32,36,40,42,45-46,48-52,54-55,57-70H2,1-3H3/b10-7-,11-8-,19-16-,20-17-,28-25-,29-26-,35-33-,38-37-,39-34-,43-41-,47-44-,56-53-. The zero-order valence-electron chi connectivity index (χ0n) is 51.8. The van der Waals surface area contributed by atoms with Crippen LogP contribution in [-0.2, 0) is 28.6 Å². The van der Waals surface area contributed by atoms with Crippen LogP contribution in [0.2, 0.25) is 0 Å². The predicted octanol–water partition coefficient (Wildman–Crippen LogP) is 22.7. The lowest BCUT2D eigenvalue weighted by Crippen LogP contribution is -2.30. The fourth-order valence-corrected chi connectivity index (χ4v) is 8.74. The SMILES string of the molecule is CC/C=C\C/C=C\C/C=C\C/C=C\C/C=C\C/C=C\CCCCCCCCC(=O)OCC(COC(=O)CCCCCCCCCCCCCCCCCC)OC(=O)CCCC/C=C\C/C=C\C/C=C\C/C=C\C/C=C\C/C=C\CC. The Balaban J connectivity index is 4.50. The fraction of sp³-hybridized carbons (Fsp3) is 0.635. The summed E-state index contributed by atoms with van der Waals surface area (Å²) in [5.74, 6) is -0.959. The monoisotopic (exact) mass is 1100 g/mol. The van der Waals surface area contributed by atoms with E-state index in [0.29, 0.717) is 19.3 Å². The first-order valence-electron chi connectivity index (χ1n) is 32.8. The lowest BCUT2D eigenvalue weighted by atomic mass is 10.0. The van der Waals surface area contributed by atoms with E-state index in [1.807, 2.05) is 0 Å². The summed E-state index contributed by atoms with van der Waals surface area (Å²) in [5, 5.41) is 0. The van der Waals surface area contributed by atoms with E-state index in [4.69, 9.17) is 14.2 Å². The Morgan fingerprint density at radius 1 is 0.263 bits per heavy atom. The molecule has 6 nitrogen and oxygen atoms in total. The molecule has 0 spiro atoms.